The van der Waals surface area contributed by atoms with Gasteiger partial charge in [-0.25, -0.2) is 0 Å². The predicted molar refractivity (Wildman–Crippen MR) is 63.7 cm³/mol. The lowest BCUT2D eigenvalue weighted by Gasteiger charge is -2.28. The van der Waals surface area contributed by atoms with Crippen molar-refractivity contribution in [3.8, 4) is 0 Å². The Balaban J connectivity index is 2.29. The molecule has 0 aromatic heterocycles. The van der Waals surface area contributed by atoms with E-state index in [0.717, 1.165) is 10.2 Å². The second kappa shape index (κ2) is 3.95. The van der Waals surface area contributed by atoms with Gasteiger partial charge in [-0.1, -0.05) is 35.3 Å². The highest BCUT2D eigenvalue weighted by Gasteiger charge is 2.27. The van der Waals surface area contributed by atoms with Crippen molar-refractivity contribution in [2.75, 3.05) is 14.1 Å². The molecule has 0 saturated carbocycles. The zero-order chi connectivity index (χ0) is 11.0. The summed E-state index contributed by atoms with van der Waals surface area (Å²) in [6.45, 7) is 0. The molecule has 80 valence electrons. The molecule has 1 unspecified atom stereocenters. The van der Waals surface area contributed by atoms with Gasteiger partial charge in [0, 0.05) is 25.3 Å². The van der Waals surface area contributed by atoms with Crippen LogP contribution in [0.1, 0.15) is 11.7 Å². The van der Waals surface area contributed by atoms with Crippen molar-refractivity contribution < 1.29 is 0 Å². The highest BCUT2D eigenvalue weighted by atomic mass is 35.5. The maximum absolute atomic E-state index is 6.05. The van der Waals surface area contributed by atoms with Crippen LogP contribution in [-0.4, -0.2) is 23.9 Å². The topological polar surface area (TPSA) is 6.48 Å². The van der Waals surface area contributed by atoms with Crippen molar-refractivity contribution in [3.05, 3.63) is 46.2 Å². The summed E-state index contributed by atoms with van der Waals surface area (Å²) in [5.74, 6) is 0. The van der Waals surface area contributed by atoms with E-state index in [1.165, 1.54) is 5.56 Å². The Hall–Kier alpha value is -0.860. The summed E-state index contributed by atoms with van der Waals surface area (Å²) in [5.41, 5.74) is 1.18. The molecule has 1 aromatic carbocycles. The van der Waals surface area contributed by atoms with Crippen molar-refractivity contribution >= 4 is 23.2 Å². The van der Waals surface area contributed by atoms with Gasteiger partial charge in [0.25, 0.3) is 0 Å². The zero-order valence-corrected chi connectivity index (χ0v) is 10.1. The minimum atomic E-state index is 0.162. The molecule has 1 aliphatic heterocycles. The maximum atomic E-state index is 6.05. The largest absolute Gasteiger partial charge is 0.354 e. The lowest BCUT2D eigenvalue weighted by atomic mass is 10.1. The molecule has 2 rings (SSSR count). The van der Waals surface area contributed by atoms with Crippen LogP contribution < -0.4 is 0 Å². The van der Waals surface area contributed by atoms with E-state index in [1.807, 2.05) is 49.5 Å². The van der Waals surface area contributed by atoms with Gasteiger partial charge in [0.2, 0.25) is 0 Å². The number of benzene rings is 1. The second-order valence-corrected chi connectivity index (χ2v) is 4.48. The van der Waals surface area contributed by atoms with E-state index in [2.05, 4.69) is 4.90 Å². The average Bonchev–Trinajstić information content (AvgIpc) is 2.44. The number of hydrogen-bond acceptors (Lipinski definition) is 2. The summed E-state index contributed by atoms with van der Waals surface area (Å²) in [5, 5.41) is 1.50. The van der Waals surface area contributed by atoms with Gasteiger partial charge >= 0.3 is 0 Å². The lowest BCUT2D eigenvalue weighted by molar-refractivity contribution is 0.206. The number of hydrogen-bond donors (Lipinski definition) is 0. The molecule has 0 radical (unpaired) electrons. The first-order valence-electron chi connectivity index (χ1n) is 4.67. The van der Waals surface area contributed by atoms with Gasteiger partial charge in [-0.3, -0.25) is 0 Å². The molecular weight excluding hydrogens is 231 g/mol. The van der Waals surface area contributed by atoms with E-state index >= 15 is 0 Å². The van der Waals surface area contributed by atoms with Crippen LogP contribution in [0.2, 0.25) is 5.02 Å². The van der Waals surface area contributed by atoms with Gasteiger partial charge in [-0.15, -0.1) is 0 Å². The molecule has 0 spiro atoms. The first kappa shape index (κ1) is 10.7. The Morgan fingerprint density at radius 2 is 1.67 bits per heavy atom. The van der Waals surface area contributed by atoms with Crippen LogP contribution in [0.5, 0.6) is 0 Å². The highest BCUT2D eigenvalue weighted by Crippen LogP contribution is 2.33. The Morgan fingerprint density at radius 1 is 1.07 bits per heavy atom. The Bertz CT molecular complexity index is 386. The second-order valence-electron chi connectivity index (χ2n) is 3.65. The van der Waals surface area contributed by atoms with E-state index in [-0.39, 0.29) is 6.17 Å². The smallest absolute Gasteiger partial charge is 0.128 e. The Labute approximate surface area is 99.7 Å². The summed E-state index contributed by atoms with van der Waals surface area (Å²) >= 11 is 11.9. The molecule has 0 amide bonds. The zero-order valence-electron chi connectivity index (χ0n) is 8.61. The fourth-order valence-electron chi connectivity index (χ4n) is 1.81. The van der Waals surface area contributed by atoms with Crippen LogP contribution in [-0.2, 0) is 0 Å². The van der Waals surface area contributed by atoms with Gasteiger partial charge in [0.1, 0.15) is 11.3 Å². The molecule has 0 fully saturated rings. The van der Waals surface area contributed by atoms with E-state index in [9.17, 15) is 0 Å². The monoisotopic (exact) mass is 242 g/mol. The third kappa shape index (κ3) is 1.92. The summed E-state index contributed by atoms with van der Waals surface area (Å²) < 4.78 is 0. The number of nitrogens with zero attached hydrogens (tertiary/aromatic N) is 2. The van der Waals surface area contributed by atoms with Crippen LogP contribution in [0, 0.1) is 0 Å². The molecule has 0 N–H and O–H groups in total. The SMILES string of the molecule is CN1C=C(Cl)N(C)C1c1ccc(Cl)cc1. The van der Waals surface area contributed by atoms with Crippen LogP contribution in [0.25, 0.3) is 0 Å². The fourth-order valence-corrected chi connectivity index (χ4v) is 2.19. The van der Waals surface area contributed by atoms with Crippen LogP contribution in [0.4, 0.5) is 0 Å². The van der Waals surface area contributed by atoms with E-state index in [4.69, 9.17) is 23.2 Å². The predicted octanol–water partition coefficient (Wildman–Crippen LogP) is 3.25. The fraction of sp³-hybridized carbons (Fsp3) is 0.273. The molecule has 0 aliphatic carbocycles. The molecule has 1 heterocycles. The minimum absolute atomic E-state index is 0.162. The molecule has 2 nitrogen and oxygen atoms in total. The van der Waals surface area contributed by atoms with Crippen LogP contribution in [0.15, 0.2) is 35.6 Å². The average molecular weight is 243 g/mol. The summed E-state index contributed by atoms with van der Waals surface area (Å²) in [6, 6.07) is 7.82. The molecular formula is C11H12Cl2N2. The first-order chi connectivity index (χ1) is 7.09. The van der Waals surface area contributed by atoms with E-state index in [0.29, 0.717) is 0 Å². The maximum Gasteiger partial charge on any atom is 0.128 e. The van der Waals surface area contributed by atoms with E-state index < -0.39 is 0 Å². The first-order valence-corrected chi connectivity index (χ1v) is 5.43. The van der Waals surface area contributed by atoms with Gasteiger partial charge in [-0.2, -0.15) is 0 Å². The Morgan fingerprint density at radius 3 is 2.13 bits per heavy atom. The molecule has 1 atom stereocenters. The van der Waals surface area contributed by atoms with E-state index in [1.54, 1.807) is 0 Å². The molecule has 1 aromatic rings. The van der Waals surface area contributed by atoms with Gasteiger partial charge in [-0.05, 0) is 17.7 Å². The molecule has 15 heavy (non-hydrogen) atoms. The summed E-state index contributed by atoms with van der Waals surface area (Å²) in [6.07, 6.45) is 2.08. The van der Waals surface area contributed by atoms with Gasteiger partial charge in [0.05, 0.1) is 0 Å². The van der Waals surface area contributed by atoms with Crippen molar-refractivity contribution in [2.24, 2.45) is 0 Å². The highest BCUT2D eigenvalue weighted by molar-refractivity contribution is 6.30. The normalized spacial score (nSPS) is 20.8. The summed E-state index contributed by atoms with van der Waals surface area (Å²) in [7, 11) is 3.98. The third-order valence-electron chi connectivity index (χ3n) is 2.57. The molecule has 4 heteroatoms. The molecule has 1 aliphatic rings. The Kier molecular flexibility index (Phi) is 2.81. The van der Waals surface area contributed by atoms with Crippen molar-refractivity contribution in [3.63, 3.8) is 0 Å². The van der Waals surface area contributed by atoms with Crippen LogP contribution in [0.3, 0.4) is 0 Å². The quantitative estimate of drug-likeness (QED) is 0.698. The van der Waals surface area contributed by atoms with Crippen molar-refractivity contribution in [1.29, 1.82) is 0 Å². The number of halogens is 2. The standard InChI is InChI=1S/C11H12Cl2N2/c1-14-7-10(13)15(2)11(14)8-3-5-9(12)6-4-8/h3-7,11H,1-2H3. The van der Waals surface area contributed by atoms with Crippen molar-refractivity contribution in [1.82, 2.24) is 9.80 Å². The molecule has 0 saturated heterocycles. The summed E-state index contributed by atoms with van der Waals surface area (Å²) in [4.78, 5) is 4.09. The number of rotatable bonds is 1. The third-order valence-corrected chi connectivity index (χ3v) is 3.18. The molecule has 0 bridgehead atoms. The lowest BCUT2D eigenvalue weighted by Crippen LogP contribution is -2.26. The van der Waals surface area contributed by atoms with Crippen molar-refractivity contribution in [2.45, 2.75) is 6.17 Å². The van der Waals surface area contributed by atoms with Crippen LogP contribution >= 0.6 is 23.2 Å². The van der Waals surface area contributed by atoms with Gasteiger partial charge in [0.15, 0.2) is 0 Å². The van der Waals surface area contributed by atoms with Gasteiger partial charge < -0.3 is 9.80 Å². The minimum Gasteiger partial charge on any atom is -0.354 e.